The maximum atomic E-state index is 4.12. The van der Waals surface area contributed by atoms with Crippen molar-refractivity contribution in [2.75, 3.05) is 19.4 Å². The van der Waals surface area contributed by atoms with E-state index < -0.39 is 0 Å². The predicted octanol–water partition coefficient (Wildman–Crippen LogP) is 2.27. The highest BCUT2D eigenvalue weighted by Gasteiger charge is 2.09. The molecule has 0 aromatic carbocycles. The second-order valence-corrected chi connectivity index (χ2v) is 5.34. The Morgan fingerprint density at radius 3 is 3.00 bits per heavy atom. The number of rotatable bonds is 5. The fourth-order valence-electron chi connectivity index (χ4n) is 1.48. The summed E-state index contributed by atoms with van der Waals surface area (Å²) in [5.74, 6) is 0. The number of nitrogens with zero attached hydrogens (tertiary/aromatic N) is 3. The number of thiophene rings is 1. The van der Waals surface area contributed by atoms with E-state index in [0.717, 1.165) is 23.8 Å². The van der Waals surface area contributed by atoms with Crippen LogP contribution >= 0.6 is 22.9 Å². The molecule has 2 heterocycles. The van der Waals surface area contributed by atoms with Crippen molar-refractivity contribution in [3.05, 3.63) is 28.1 Å². The van der Waals surface area contributed by atoms with Gasteiger partial charge in [-0.2, -0.15) is 0 Å². The van der Waals surface area contributed by atoms with Gasteiger partial charge >= 0.3 is 0 Å². The van der Waals surface area contributed by atoms with E-state index in [9.17, 15) is 0 Å². The van der Waals surface area contributed by atoms with Gasteiger partial charge in [0.1, 0.15) is 10.7 Å². The predicted molar refractivity (Wildman–Crippen MR) is 68.9 cm³/mol. The van der Waals surface area contributed by atoms with Gasteiger partial charge in [0.15, 0.2) is 0 Å². The van der Waals surface area contributed by atoms with E-state index in [2.05, 4.69) is 44.4 Å². The highest BCUT2D eigenvalue weighted by molar-refractivity contribution is 7.10. The molecule has 0 saturated carbocycles. The van der Waals surface area contributed by atoms with Crippen LogP contribution in [0.3, 0.4) is 0 Å². The highest BCUT2D eigenvalue weighted by Crippen LogP contribution is 2.19. The van der Waals surface area contributed by atoms with Gasteiger partial charge in [-0.25, -0.2) is 0 Å². The minimum absolute atomic E-state index is 0.824. The molecule has 0 spiro atoms. The summed E-state index contributed by atoms with van der Waals surface area (Å²) in [5.41, 5.74) is 1.02. The van der Waals surface area contributed by atoms with Crippen LogP contribution in [0.25, 0.3) is 0 Å². The van der Waals surface area contributed by atoms with Gasteiger partial charge < -0.3 is 5.32 Å². The molecule has 0 atom stereocenters. The Hall–Kier alpha value is -0.980. The fourth-order valence-corrected chi connectivity index (χ4v) is 2.79. The molecule has 0 aliphatic rings. The molecule has 4 nitrogen and oxygen atoms in total. The Labute approximate surface area is 103 Å². The molecule has 86 valence electrons. The molecular weight excluding hydrogens is 240 g/mol. The Kier molecular flexibility index (Phi) is 3.87. The molecule has 0 aliphatic carbocycles. The lowest BCUT2D eigenvalue weighted by Crippen LogP contribution is -2.17. The van der Waals surface area contributed by atoms with E-state index in [1.165, 1.54) is 16.4 Å². The quantitative estimate of drug-likeness (QED) is 0.888. The molecule has 0 bridgehead atoms. The number of aromatic nitrogens is 2. The van der Waals surface area contributed by atoms with E-state index in [-0.39, 0.29) is 0 Å². The lowest BCUT2D eigenvalue weighted by Gasteiger charge is -2.14. The zero-order valence-electron chi connectivity index (χ0n) is 9.30. The summed E-state index contributed by atoms with van der Waals surface area (Å²) in [6, 6.07) is 4.23. The van der Waals surface area contributed by atoms with Crippen LogP contribution in [0, 0.1) is 0 Å². The van der Waals surface area contributed by atoms with E-state index in [0.29, 0.717) is 0 Å². The first-order valence-electron chi connectivity index (χ1n) is 4.99. The normalized spacial score (nSPS) is 10.9. The summed E-state index contributed by atoms with van der Waals surface area (Å²) in [4.78, 5) is 3.61. The second kappa shape index (κ2) is 5.38. The monoisotopic (exact) mass is 254 g/mol. The van der Waals surface area contributed by atoms with Crippen molar-refractivity contribution in [2.24, 2.45) is 0 Å². The average Bonchev–Trinajstić information content (AvgIpc) is 2.88. The Balaban J connectivity index is 1.94. The lowest BCUT2D eigenvalue weighted by atomic mass is 10.4. The molecule has 2 rings (SSSR count). The van der Waals surface area contributed by atoms with Crippen molar-refractivity contribution in [3.8, 4) is 0 Å². The molecule has 0 aliphatic heterocycles. The molecule has 0 unspecified atom stereocenters. The second-order valence-electron chi connectivity index (χ2n) is 3.55. The molecule has 2 aromatic rings. The van der Waals surface area contributed by atoms with Crippen LogP contribution in [0.4, 0.5) is 5.00 Å². The van der Waals surface area contributed by atoms with Gasteiger partial charge in [-0.05, 0) is 18.5 Å². The highest BCUT2D eigenvalue weighted by atomic mass is 32.1. The van der Waals surface area contributed by atoms with Crippen LogP contribution in [0.2, 0.25) is 0 Å². The smallest absolute Gasteiger partial charge is 0.134 e. The average molecular weight is 254 g/mol. The first-order valence-corrected chi connectivity index (χ1v) is 6.65. The third-order valence-electron chi connectivity index (χ3n) is 2.21. The summed E-state index contributed by atoms with van der Waals surface area (Å²) in [7, 11) is 4.00. The van der Waals surface area contributed by atoms with E-state index >= 15 is 0 Å². The molecule has 0 saturated heterocycles. The van der Waals surface area contributed by atoms with Gasteiger partial charge in [-0.3, -0.25) is 4.90 Å². The maximum absolute atomic E-state index is 4.12. The molecule has 6 heteroatoms. The zero-order chi connectivity index (χ0) is 11.4. The molecule has 0 amide bonds. The molecule has 0 fully saturated rings. The number of nitrogens with one attached hydrogen (secondary N) is 1. The van der Waals surface area contributed by atoms with Crippen molar-refractivity contribution >= 4 is 27.9 Å². The SMILES string of the molecule is CNc1snnc1CN(C)Cc1cccs1. The maximum Gasteiger partial charge on any atom is 0.134 e. The van der Waals surface area contributed by atoms with Gasteiger partial charge in [-0.15, -0.1) is 16.4 Å². The summed E-state index contributed by atoms with van der Waals surface area (Å²) >= 11 is 3.19. The van der Waals surface area contributed by atoms with Crippen molar-refractivity contribution < 1.29 is 0 Å². The summed E-state index contributed by atoms with van der Waals surface area (Å²) in [6.45, 7) is 1.78. The molecule has 2 aromatic heterocycles. The van der Waals surface area contributed by atoms with Gasteiger partial charge in [0.2, 0.25) is 0 Å². The topological polar surface area (TPSA) is 41.1 Å². The third kappa shape index (κ3) is 2.78. The largest absolute Gasteiger partial charge is 0.377 e. The van der Waals surface area contributed by atoms with Crippen LogP contribution in [0.15, 0.2) is 17.5 Å². The Morgan fingerprint density at radius 1 is 1.44 bits per heavy atom. The first-order chi connectivity index (χ1) is 7.79. The third-order valence-corrected chi connectivity index (χ3v) is 3.86. The van der Waals surface area contributed by atoms with Crippen molar-refractivity contribution in [2.45, 2.75) is 13.1 Å². The van der Waals surface area contributed by atoms with Gasteiger partial charge in [-0.1, -0.05) is 10.6 Å². The number of hydrogen-bond acceptors (Lipinski definition) is 6. The van der Waals surface area contributed by atoms with Crippen molar-refractivity contribution in [3.63, 3.8) is 0 Å². The van der Waals surface area contributed by atoms with Crippen LogP contribution in [-0.2, 0) is 13.1 Å². The van der Waals surface area contributed by atoms with Crippen LogP contribution in [-0.4, -0.2) is 28.6 Å². The number of hydrogen-bond donors (Lipinski definition) is 1. The molecule has 1 N–H and O–H groups in total. The van der Waals surface area contributed by atoms with E-state index in [1.807, 2.05) is 7.05 Å². The molecule has 0 radical (unpaired) electrons. The fraction of sp³-hybridized carbons (Fsp3) is 0.400. The van der Waals surface area contributed by atoms with Crippen LogP contribution in [0.5, 0.6) is 0 Å². The Morgan fingerprint density at radius 2 is 2.31 bits per heavy atom. The van der Waals surface area contributed by atoms with Gasteiger partial charge in [0, 0.05) is 36.5 Å². The molecule has 16 heavy (non-hydrogen) atoms. The summed E-state index contributed by atoms with van der Waals surface area (Å²) < 4.78 is 3.95. The first kappa shape index (κ1) is 11.5. The van der Waals surface area contributed by atoms with E-state index in [4.69, 9.17) is 0 Å². The van der Waals surface area contributed by atoms with E-state index in [1.54, 1.807) is 11.3 Å². The molecular formula is C10H14N4S2. The van der Waals surface area contributed by atoms with Crippen LogP contribution in [0.1, 0.15) is 10.6 Å². The van der Waals surface area contributed by atoms with Crippen molar-refractivity contribution in [1.82, 2.24) is 14.5 Å². The summed E-state index contributed by atoms with van der Waals surface area (Å²) in [5, 5.41) is 10.4. The zero-order valence-corrected chi connectivity index (χ0v) is 10.9. The summed E-state index contributed by atoms with van der Waals surface area (Å²) in [6.07, 6.45) is 0. The minimum atomic E-state index is 0.824. The van der Waals surface area contributed by atoms with Crippen LogP contribution < -0.4 is 5.32 Å². The number of anilines is 1. The standard InChI is InChI=1S/C10H14N4S2/c1-11-10-9(12-13-16-10)7-14(2)6-8-4-3-5-15-8/h3-5,11H,6-7H2,1-2H3. The minimum Gasteiger partial charge on any atom is -0.377 e. The lowest BCUT2D eigenvalue weighted by molar-refractivity contribution is 0.318. The Bertz CT molecular complexity index is 424. The van der Waals surface area contributed by atoms with Crippen molar-refractivity contribution in [1.29, 1.82) is 0 Å². The van der Waals surface area contributed by atoms with Gasteiger partial charge in [0.25, 0.3) is 0 Å². The van der Waals surface area contributed by atoms with Gasteiger partial charge in [0.05, 0.1) is 0 Å².